The molecule has 1 aromatic carbocycles. The van der Waals surface area contributed by atoms with Gasteiger partial charge >= 0.3 is 0 Å². The largest absolute Gasteiger partial charge is 0.386 e. The summed E-state index contributed by atoms with van der Waals surface area (Å²) in [6, 6.07) is 4.07. The van der Waals surface area contributed by atoms with E-state index >= 15 is 0 Å². The molecular weight excluding hydrogens is 257 g/mol. The van der Waals surface area contributed by atoms with Gasteiger partial charge in [-0.25, -0.2) is 12.8 Å². The minimum Gasteiger partial charge on any atom is -0.386 e. The van der Waals surface area contributed by atoms with Crippen LogP contribution < -0.4 is 5.73 Å². The minimum atomic E-state index is -3.70. The molecule has 0 aromatic heterocycles. The first-order valence-electron chi connectivity index (χ1n) is 5.54. The molecule has 2 rings (SSSR count). The molecule has 1 aliphatic rings. The lowest BCUT2D eigenvalue weighted by molar-refractivity contribution is 0.443. The Morgan fingerprint density at radius 3 is 2.56 bits per heavy atom. The summed E-state index contributed by atoms with van der Waals surface area (Å²) in [7, 11) is -3.70. The van der Waals surface area contributed by atoms with Gasteiger partial charge in [0, 0.05) is 6.54 Å². The maximum Gasteiger partial charge on any atom is 0.243 e. The molecule has 98 valence electrons. The van der Waals surface area contributed by atoms with E-state index in [-0.39, 0.29) is 10.7 Å². The molecule has 0 spiro atoms. The molecule has 1 atom stereocenters. The van der Waals surface area contributed by atoms with Crippen LogP contribution in [0.5, 0.6) is 0 Å². The first-order chi connectivity index (χ1) is 8.43. The van der Waals surface area contributed by atoms with Gasteiger partial charge in [-0.1, -0.05) is 0 Å². The zero-order chi connectivity index (χ0) is 13.3. The van der Waals surface area contributed by atoms with Gasteiger partial charge in [0.25, 0.3) is 0 Å². The van der Waals surface area contributed by atoms with E-state index in [0.29, 0.717) is 19.4 Å². The second-order valence-corrected chi connectivity index (χ2v) is 6.07. The van der Waals surface area contributed by atoms with E-state index < -0.39 is 21.9 Å². The van der Waals surface area contributed by atoms with Crippen molar-refractivity contribution in [2.75, 3.05) is 6.54 Å². The van der Waals surface area contributed by atoms with E-state index in [1.807, 2.05) is 0 Å². The van der Waals surface area contributed by atoms with Crippen molar-refractivity contribution in [2.45, 2.75) is 23.8 Å². The van der Waals surface area contributed by atoms with Gasteiger partial charge in [-0.15, -0.1) is 0 Å². The van der Waals surface area contributed by atoms with E-state index in [0.717, 1.165) is 12.1 Å². The normalized spacial score (nSPS) is 21.1. The Hall–Kier alpha value is -1.47. The average Bonchev–Trinajstić information content (AvgIpc) is 2.79. The molecule has 0 saturated carbocycles. The lowest BCUT2D eigenvalue weighted by atomic mass is 10.2. The fourth-order valence-corrected chi connectivity index (χ4v) is 3.75. The van der Waals surface area contributed by atoms with Crippen molar-refractivity contribution < 1.29 is 12.8 Å². The van der Waals surface area contributed by atoms with E-state index in [1.54, 1.807) is 0 Å². The summed E-state index contributed by atoms with van der Waals surface area (Å²) >= 11 is 0. The van der Waals surface area contributed by atoms with Gasteiger partial charge in [0.05, 0.1) is 10.9 Å². The third-order valence-electron chi connectivity index (χ3n) is 2.98. The summed E-state index contributed by atoms with van der Waals surface area (Å²) in [6.45, 7) is 0.337. The number of rotatable bonds is 3. The number of nitrogens with one attached hydrogen (secondary N) is 1. The molecule has 0 radical (unpaired) electrons. The number of hydrogen-bond donors (Lipinski definition) is 2. The molecule has 0 amide bonds. The highest BCUT2D eigenvalue weighted by Crippen LogP contribution is 2.25. The van der Waals surface area contributed by atoms with E-state index in [4.69, 9.17) is 11.1 Å². The predicted octanol–water partition coefficient (Wildman–Crippen LogP) is 0.915. The molecule has 1 heterocycles. The smallest absolute Gasteiger partial charge is 0.243 e. The highest BCUT2D eigenvalue weighted by molar-refractivity contribution is 7.89. The highest BCUT2D eigenvalue weighted by Gasteiger charge is 2.36. The first-order valence-corrected chi connectivity index (χ1v) is 6.98. The Morgan fingerprint density at radius 1 is 1.39 bits per heavy atom. The van der Waals surface area contributed by atoms with Crippen LogP contribution in [0.2, 0.25) is 0 Å². The topological polar surface area (TPSA) is 87.2 Å². The van der Waals surface area contributed by atoms with Crippen molar-refractivity contribution in [1.82, 2.24) is 4.31 Å². The maximum atomic E-state index is 12.8. The van der Waals surface area contributed by atoms with Gasteiger partial charge in [-0.2, -0.15) is 4.31 Å². The van der Waals surface area contributed by atoms with Crippen LogP contribution in [-0.2, 0) is 10.0 Å². The molecule has 5 nitrogen and oxygen atoms in total. The predicted molar refractivity (Wildman–Crippen MR) is 65.2 cm³/mol. The molecule has 0 aliphatic carbocycles. The summed E-state index contributed by atoms with van der Waals surface area (Å²) in [5.41, 5.74) is 5.40. The summed E-state index contributed by atoms with van der Waals surface area (Å²) in [5, 5.41) is 7.41. The highest BCUT2D eigenvalue weighted by atomic mass is 32.2. The molecule has 1 saturated heterocycles. The van der Waals surface area contributed by atoms with Crippen molar-refractivity contribution in [1.29, 1.82) is 5.41 Å². The zero-order valence-electron chi connectivity index (χ0n) is 9.64. The Labute approximate surface area is 105 Å². The molecule has 1 fully saturated rings. The summed E-state index contributed by atoms with van der Waals surface area (Å²) in [6.07, 6.45) is 1.22. The summed E-state index contributed by atoms with van der Waals surface area (Å²) < 4.78 is 38.6. The van der Waals surface area contributed by atoms with Crippen LogP contribution >= 0.6 is 0 Å². The van der Waals surface area contributed by atoms with Crippen molar-refractivity contribution in [3.05, 3.63) is 30.1 Å². The third kappa shape index (κ3) is 2.23. The van der Waals surface area contributed by atoms with E-state index in [1.165, 1.54) is 16.4 Å². The maximum absolute atomic E-state index is 12.8. The number of nitrogens with two attached hydrogens (primary N) is 1. The number of amidine groups is 1. The van der Waals surface area contributed by atoms with Gasteiger partial charge in [0.15, 0.2) is 0 Å². The molecule has 0 unspecified atom stereocenters. The minimum absolute atomic E-state index is 0.0250. The Bertz CT molecular complexity index is 556. The van der Waals surface area contributed by atoms with E-state index in [2.05, 4.69) is 0 Å². The SMILES string of the molecule is N=C(N)[C@@H]1CCCN1S(=O)(=O)c1ccc(F)cc1. The van der Waals surface area contributed by atoms with Crippen molar-refractivity contribution in [2.24, 2.45) is 5.73 Å². The molecule has 1 aliphatic heterocycles. The first kappa shape index (κ1) is 13.0. The van der Waals surface area contributed by atoms with Gasteiger partial charge in [-0.05, 0) is 37.1 Å². The van der Waals surface area contributed by atoms with Gasteiger partial charge in [0.1, 0.15) is 11.7 Å². The standard InChI is InChI=1S/C11H14FN3O2S/c12-8-3-5-9(6-4-8)18(16,17)15-7-1-2-10(15)11(13)14/h3-6,10H,1-2,7H2,(H3,13,14)/t10-/m0/s1. The van der Waals surface area contributed by atoms with Crippen LogP contribution in [-0.4, -0.2) is 31.1 Å². The van der Waals surface area contributed by atoms with Crippen LogP contribution in [0.4, 0.5) is 4.39 Å². The lowest BCUT2D eigenvalue weighted by Gasteiger charge is -2.22. The fraction of sp³-hybridized carbons (Fsp3) is 0.364. The van der Waals surface area contributed by atoms with Gasteiger partial charge in [-0.3, -0.25) is 5.41 Å². The van der Waals surface area contributed by atoms with Crippen molar-refractivity contribution in [3.8, 4) is 0 Å². The molecule has 3 N–H and O–H groups in total. The van der Waals surface area contributed by atoms with Crippen molar-refractivity contribution in [3.63, 3.8) is 0 Å². The van der Waals surface area contributed by atoms with Crippen LogP contribution in [0.25, 0.3) is 0 Å². The number of benzene rings is 1. The van der Waals surface area contributed by atoms with Crippen LogP contribution in [0.3, 0.4) is 0 Å². The summed E-state index contributed by atoms with van der Waals surface area (Å²) in [4.78, 5) is 0.0250. The molecule has 18 heavy (non-hydrogen) atoms. The second kappa shape index (κ2) is 4.66. The number of sulfonamides is 1. The van der Waals surface area contributed by atoms with Crippen LogP contribution in [0.1, 0.15) is 12.8 Å². The number of hydrogen-bond acceptors (Lipinski definition) is 3. The Morgan fingerprint density at radius 2 is 2.00 bits per heavy atom. The van der Waals surface area contributed by atoms with Crippen LogP contribution in [0, 0.1) is 11.2 Å². The number of halogens is 1. The second-order valence-electron chi connectivity index (χ2n) is 4.18. The third-order valence-corrected chi connectivity index (χ3v) is 4.91. The van der Waals surface area contributed by atoms with Crippen molar-refractivity contribution >= 4 is 15.9 Å². The van der Waals surface area contributed by atoms with Gasteiger partial charge in [0.2, 0.25) is 10.0 Å². The fourth-order valence-electron chi connectivity index (χ4n) is 2.08. The number of nitrogens with zero attached hydrogens (tertiary/aromatic N) is 1. The average molecular weight is 271 g/mol. The van der Waals surface area contributed by atoms with E-state index in [9.17, 15) is 12.8 Å². The zero-order valence-corrected chi connectivity index (χ0v) is 10.5. The Balaban J connectivity index is 2.36. The van der Waals surface area contributed by atoms with Gasteiger partial charge < -0.3 is 5.73 Å². The monoisotopic (exact) mass is 271 g/mol. The molecular formula is C11H14FN3O2S. The Kier molecular flexibility index (Phi) is 3.36. The summed E-state index contributed by atoms with van der Waals surface area (Å²) in [5.74, 6) is -0.642. The van der Waals surface area contributed by atoms with Crippen LogP contribution in [0.15, 0.2) is 29.2 Å². The molecule has 0 bridgehead atoms. The molecule has 1 aromatic rings. The lowest BCUT2D eigenvalue weighted by Crippen LogP contribution is -2.43. The molecule has 7 heteroatoms. The quantitative estimate of drug-likeness (QED) is 0.633.